The van der Waals surface area contributed by atoms with Gasteiger partial charge in [-0.3, -0.25) is 0 Å². The zero-order valence-electron chi connectivity index (χ0n) is 15.6. The van der Waals surface area contributed by atoms with Crippen molar-refractivity contribution >= 4 is 32.8 Å². The van der Waals surface area contributed by atoms with Crippen molar-refractivity contribution in [3.05, 3.63) is 66.0 Å². The van der Waals surface area contributed by atoms with Crippen molar-refractivity contribution < 1.29 is 9.15 Å². The van der Waals surface area contributed by atoms with E-state index in [9.17, 15) is 0 Å². The minimum atomic E-state index is 0.637. The summed E-state index contributed by atoms with van der Waals surface area (Å²) in [5, 5.41) is 3.33. The van der Waals surface area contributed by atoms with Crippen molar-refractivity contribution in [1.29, 1.82) is 0 Å². The van der Waals surface area contributed by atoms with Gasteiger partial charge in [0, 0.05) is 34.6 Å². The Hall–Kier alpha value is -3.27. The lowest BCUT2D eigenvalue weighted by molar-refractivity contribution is 0.466. The van der Waals surface area contributed by atoms with Gasteiger partial charge in [-0.1, -0.05) is 18.2 Å². The van der Waals surface area contributed by atoms with Crippen LogP contribution < -0.4 is 4.74 Å². The maximum atomic E-state index is 6.26. The van der Waals surface area contributed by atoms with Gasteiger partial charge < -0.3 is 13.7 Å². The number of furan rings is 1. The third-order valence-electron chi connectivity index (χ3n) is 5.39. The molecule has 0 N–H and O–H groups in total. The van der Waals surface area contributed by atoms with E-state index in [0.717, 1.165) is 39.7 Å². The Morgan fingerprint density at radius 1 is 0.963 bits per heavy atom. The molecule has 4 nitrogen and oxygen atoms in total. The molecule has 27 heavy (non-hydrogen) atoms. The summed E-state index contributed by atoms with van der Waals surface area (Å²) in [6.07, 6.45) is 1.82. The van der Waals surface area contributed by atoms with Crippen LogP contribution in [0.2, 0.25) is 0 Å². The molecule has 0 spiro atoms. The molecule has 0 saturated heterocycles. The number of ether oxygens (including phenoxy) is 1. The molecular formula is C23H20N2O2. The van der Waals surface area contributed by atoms with E-state index in [4.69, 9.17) is 9.15 Å². The maximum absolute atomic E-state index is 6.26. The van der Waals surface area contributed by atoms with Gasteiger partial charge in [0.25, 0.3) is 0 Å². The normalized spacial score (nSPS) is 11.7. The molecular weight excluding hydrogens is 336 g/mol. The van der Waals surface area contributed by atoms with Crippen molar-refractivity contribution in [1.82, 2.24) is 9.55 Å². The first-order valence-corrected chi connectivity index (χ1v) is 9.21. The fourth-order valence-corrected chi connectivity index (χ4v) is 3.91. The maximum Gasteiger partial charge on any atom is 0.244 e. The highest BCUT2D eigenvalue weighted by atomic mass is 16.5. The summed E-state index contributed by atoms with van der Waals surface area (Å²) >= 11 is 0. The predicted octanol–water partition coefficient (Wildman–Crippen LogP) is 6.36. The predicted molar refractivity (Wildman–Crippen MR) is 109 cm³/mol. The summed E-state index contributed by atoms with van der Waals surface area (Å²) in [5.41, 5.74) is 5.32. The van der Waals surface area contributed by atoms with Gasteiger partial charge in [-0.15, -0.1) is 0 Å². The highest BCUT2D eigenvalue weighted by Gasteiger charge is 2.16. The number of para-hydroxylation sites is 1. The van der Waals surface area contributed by atoms with Gasteiger partial charge in [-0.2, -0.15) is 0 Å². The second-order valence-corrected chi connectivity index (χ2v) is 6.83. The molecule has 3 heterocycles. The van der Waals surface area contributed by atoms with Gasteiger partial charge in [0.15, 0.2) is 0 Å². The highest BCUT2D eigenvalue weighted by molar-refractivity contribution is 6.05. The minimum absolute atomic E-state index is 0.637. The number of rotatable bonds is 3. The van der Waals surface area contributed by atoms with Crippen molar-refractivity contribution in [2.75, 3.05) is 0 Å². The van der Waals surface area contributed by atoms with Crippen molar-refractivity contribution in [3.8, 4) is 11.6 Å². The molecule has 0 saturated carbocycles. The standard InChI is InChI=1S/C23H20N2O2/c1-4-25-15(3)14(2)17-11-12-24-23(22(17)25)26-16-9-10-21-19(13-16)18-7-5-6-8-20(18)27-21/h5-13H,4H2,1-3H3. The Kier molecular flexibility index (Phi) is 3.47. The van der Waals surface area contributed by atoms with Crippen LogP contribution in [0.1, 0.15) is 18.2 Å². The molecule has 0 atom stereocenters. The van der Waals surface area contributed by atoms with Crippen LogP contribution in [0.25, 0.3) is 32.8 Å². The van der Waals surface area contributed by atoms with E-state index in [-0.39, 0.29) is 0 Å². The van der Waals surface area contributed by atoms with Crippen LogP contribution in [0, 0.1) is 13.8 Å². The van der Waals surface area contributed by atoms with E-state index >= 15 is 0 Å². The molecule has 5 rings (SSSR count). The van der Waals surface area contributed by atoms with Crippen LogP contribution in [0.3, 0.4) is 0 Å². The minimum Gasteiger partial charge on any atom is -0.456 e. The number of aryl methyl sites for hydroxylation is 2. The lowest BCUT2D eigenvalue weighted by atomic mass is 10.1. The van der Waals surface area contributed by atoms with Crippen molar-refractivity contribution in [2.24, 2.45) is 0 Å². The van der Waals surface area contributed by atoms with Gasteiger partial charge in [0.1, 0.15) is 22.4 Å². The van der Waals surface area contributed by atoms with E-state index in [1.54, 1.807) is 0 Å². The van der Waals surface area contributed by atoms with Crippen LogP contribution in [0.15, 0.2) is 59.1 Å². The number of aromatic nitrogens is 2. The first kappa shape index (κ1) is 15.9. The van der Waals surface area contributed by atoms with Crippen LogP contribution in [-0.4, -0.2) is 9.55 Å². The molecule has 0 aliphatic carbocycles. The molecule has 0 aliphatic heterocycles. The molecule has 3 aromatic heterocycles. The average Bonchev–Trinajstić information content (AvgIpc) is 3.18. The molecule has 134 valence electrons. The molecule has 0 radical (unpaired) electrons. The molecule has 0 bridgehead atoms. The van der Waals surface area contributed by atoms with Gasteiger partial charge >= 0.3 is 0 Å². The second-order valence-electron chi connectivity index (χ2n) is 6.83. The third-order valence-corrected chi connectivity index (χ3v) is 5.39. The summed E-state index contributed by atoms with van der Waals surface area (Å²) in [6, 6.07) is 16.0. The van der Waals surface area contributed by atoms with Crippen LogP contribution >= 0.6 is 0 Å². The monoisotopic (exact) mass is 356 g/mol. The van der Waals surface area contributed by atoms with Crippen LogP contribution in [-0.2, 0) is 6.54 Å². The quantitative estimate of drug-likeness (QED) is 0.377. The van der Waals surface area contributed by atoms with Crippen LogP contribution in [0.5, 0.6) is 11.6 Å². The SMILES string of the molecule is CCn1c(C)c(C)c2ccnc(Oc3ccc4oc5ccccc5c4c3)c21. The van der Waals surface area contributed by atoms with Gasteiger partial charge in [0.2, 0.25) is 5.88 Å². The zero-order chi connectivity index (χ0) is 18.5. The number of hydrogen-bond donors (Lipinski definition) is 0. The van der Waals surface area contributed by atoms with E-state index in [1.807, 2.05) is 42.6 Å². The molecule has 0 amide bonds. The van der Waals surface area contributed by atoms with E-state index < -0.39 is 0 Å². The van der Waals surface area contributed by atoms with E-state index in [2.05, 4.69) is 42.5 Å². The third kappa shape index (κ3) is 2.33. The summed E-state index contributed by atoms with van der Waals surface area (Å²) in [4.78, 5) is 4.53. The number of fused-ring (bicyclic) bond motifs is 4. The summed E-state index contributed by atoms with van der Waals surface area (Å²) in [5.74, 6) is 1.39. The lowest BCUT2D eigenvalue weighted by Crippen LogP contribution is -1.99. The Morgan fingerprint density at radius 3 is 2.63 bits per heavy atom. The van der Waals surface area contributed by atoms with Crippen molar-refractivity contribution in [3.63, 3.8) is 0 Å². The Labute approximate surface area is 157 Å². The summed E-state index contributed by atoms with van der Waals surface area (Å²) < 4.78 is 14.4. The van der Waals surface area contributed by atoms with E-state index in [1.165, 1.54) is 16.6 Å². The number of hydrogen-bond acceptors (Lipinski definition) is 3. The van der Waals surface area contributed by atoms with E-state index in [0.29, 0.717) is 5.88 Å². The molecule has 0 fully saturated rings. The smallest absolute Gasteiger partial charge is 0.244 e. The molecule has 2 aromatic carbocycles. The molecule has 0 aliphatic rings. The van der Waals surface area contributed by atoms with Gasteiger partial charge in [0.05, 0.1) is 0 Å². The first-order chi connectivity index (χ1) is 13.2. The number of pyridine rings is 1. The van der Waals surface area contributed by atoms with Gasteiger partial charge in [-0.25, -0.2) is 4.98 Å². The Morgan fingerprint density at radius 2 is 1.78 bits per heavy atom. The lowest BCUT2D eigenvalue weighted by Gasteiger charge is -2.10. The fraction of sp³-hybridized carbons (Fsp3) is 0.174. The average molecular weight is 356 g/mol. The fourth-order valence-electron chi connectivity index (χ4n) is 3.91. The number of nitrogens with zero attached hydrogens (tertiary/aromatic N) is 2. The largest absolute Gasteiger partial charge is 0.456 e. The second kappa shape index (κ2) is 5.88. The van der Waals surface area contributed by atoms with Crippen LogP contribution in [0.4, 0.5) is 0 Å². The first-order valence-electron chi connectivity index (χ1n) is 9.21. The summed E-state index contributed by atoms with van der Waals surface area (Å²) in [6.45, 7) is 7.32. The topological polar surface area (TPSA) is 40.2 Å². The highest BCUT2D eigenvalue weighted by Crippen LogP contribution is 2.36. The zero-order valence-corrected chi connectivity index (χ0v) is 15.6. The van der Waals surface area contributed by atoms with Crippen molar-refractivity contribution in [2.45, 2.75) is 27.3 Å². The molecule has 4 heteroatoms. The molecule has 5 aromatic rings. The Balaban J connectivity index is 1.67. The molecule has 0 unspecified atom stereocenters. The number of benzene rings is 2. The van der Waals surface area contributed by atoms with Gasteiger partial charge in [-0.05, 0) is 56.7 Å². The Bertz CT molecular complexity index is 1310. The summed E-state index contributed by atoms with van der Waals surface area (Å²) in [7, 11) is 0.